The fraction of sp³-hybridized carbons (Fsp3) is 0.450. The Bertz CT molecular complexity index is 923. The molecule has 1 saturated heterocycles. The minimum Gasteiger partial charge on any atom is -0.463 e. The van der Waals surface area contributed by atoms with Gasteiger partial charge in [-0.05, 0) is 37.6 Å². The third-order valence-corrected chi connectivity index (χ3v) is 5.06. The monoisotopic (exact) mass is 367 g/mol. The van der Waals surface area contributed by atoms with Gasteiger partial charge >= 0.3 is 0 Å². The number of amides is 1. The average Bonchev–Trinajstić information content (AvgIpc) is 3.37. The normalized spacial score (nSPS) is 15.6. The molecule has 0 aliphatic carbocycles. The van der Waals surface area contributed by atoms with Gasteiger partial charge in [-0.25, -0.2) is 9.50 Å². The number of rotatable bonds is 5. The van der Waals surface area contributed by atoms with Crippen molar-refractivity contribution in [2.24, 2.45) is 0 Å². The average molecular weight is 367 g/mol. The van der Waals surface area contributed by atoms with E-state index < -0.39 is 0 Å². The second-order valence-electron chi connectivity index (χ2n) is 6.90. The smallest absolute Gasteiger partial charge is 0.272 e. The first kappa shape index (κ1) is 17.7. The third-order valence-electron chi connectivity index (χ3n) is 5.06. The van der Waals surface area contributed by atoms with Gasteiger partial charge in [0.05, 0.1) is 6.26 Å². The molecule has 1 aliphatic heterocycles. The van der Waals surface area contributed by atoms with Crippen molar-refractivity contribution >= 4 is 11.6 Å². The summed E-state index contributed by atoms with van der Waals surface area (Å²) in [6, 6.07) is 7.44. The Morgan fingerprint density at radius 3 is 2.67 bits per heavy atom. The van der Waals surface area contributed by atoms with Gasteiger partial charge in [-0.1, -0.05) is 13.8 Å². The summed E-state index contributed by atoms with van der Waals surface area (Å²) in [6.07, 6.45) is 3.54. The van der Waals surface area contributed by atoms with Gasteiger partial charge in [0, 0.05) is 37.9 Å². The molecule has 4 heterocycles. The van der Waals surface area contributed by atoms with Crippen LogP contribution in [0.15, 0.2) is 34.9 Å². The van der Waals surface area contributed by atoms with Crippen LogP contribution in [-0.2, 0) is 6.42 Å². The standard InChI is InChI=1S/C20H25N5O2/c1-3-7-23-8-10-24(11-9-23)20(26)17-13-15(4-2)25-19(21-17)14-16(22-25)18-6-5-12-27-18/h5-6,12-14H,3-4,7-11H2,1-2H3. The highest BCUT2D eigenvalue weighted by atomic mass is 16.3. The predicted molar refractivity (Wildman–Crippen MR) is 103 cm³/mol. The zero-order valence-corrected chi connectivity index (χ0v) is 15.9. The number of furan rings is 1. The van der Waals surface area contributed by atoms with Crippen molar-refractivity contribution in [1.29, 1.82) is 0 Å². The number of carbonyl (C=O) groups excluding carboxylic acids is 1. The van der Waals surface area contributed by atoms with Crippen LogP contribution in [0.3, 0.4) is 0 Å². The van der Waals surface area contributed by atoms with E-state index in [1.807, 2.05) is 29.2 Å². The molecule has 0 spiro atoms. The van der Waals surface area contributed by atoms with Crippen molar-refractivity contribution in [3.05, 3.63) is 41.9 Å². The van der Waals surface area contributed by atoms with Crippen LogP contribution in [0.1, 0.15) is 36.5 Å². The van der Waals surface area contributed by atoms with Crippen molar-refractivity contribution in [2.45, 2.75) is 26.7 Å². The largest absolute Gasteiger partial charge is 0.463 e. The Kier molecular flexibility index (Phi) is 4.94. The van der Waals surface area contributed by atoms with E-state index in [0.717, 1.165) is 57.0 Å². The summed E-state index contributed by atoms with van der Waals surface area (Å²) >= 11 is 0. The highest BCUT2D eigenvalue weighted by molar-refractivity contribution is 5.93. The minimum atomic E-state index is 0.00379. The van der Waals surface area contributed by atoms with Gasteiger partial charge in [0.2, 0.25) is 0 Å². The Balaban J connectivity index is 1.61. The first-order valence-corrected chi connectivity index (χ1v) is 9.64. The maximum atomic E-state index is 13.0. The molecule has 3 aromatic rings. The Hall–Kier alpha value is -2.67. The first-order valence-electron chi connectivity index (χ1n) is 9.64. The number of aromatic nitrogens is 3. The molecule has 7 nitrogen and oxygen atoms in total. The highest BCUT2D eigenvalue weighted by Crippen LogP contribution is 2.21. The topological polar surface area (TPSA) is 66.9 Å². The minimum absolute atomic E-state index is 0.00379. The van der Waals surface area contributed by atoms with Gasteiger partial charge in [0.25, 0.3) is 5.91 Å². The van der Waals surface area contributed by atoms with Gasteiger partial charge in [0.15, 0.2) is 11.4 Å². The summed E-state index contributed by atoms with van der Waals surface area (Å²) in [6.45, 7) is 8.70. The molecule has 0 radical (unpaired) electrons. The van der Waals surface area contributed by atoms with Crippen molar-refractivity contribution < 1.29 is 9.21 Å². The number of piperazine rings is 1. The molecule has 142 valence electrons. The molecule has 0 N–H and O–H groups in total. The summed E-state index contributed by atoms with van der Waals surface area (Å²) in [5.74, 6) is 0.701. The molecular formula is C20H25N5O2. The molecule has 0 atom stereocenters. The highest BCUT2D eigenvalue weighted by Gasteiger charge is 2.24. The lowest BCUT2D eigenvalue weighted by Gasteiger charge is -2.34. The molecule has 0 unspecified atom stereocenters. The molecule has 1 aliphatic rings. The second-order valence-corrected chi connectivity index (χ2v) is 6.90. The summed E-state index contributed by atoms with van der Waals surface area (Å²) in [5.41, 5.74) is 2.86. The lowest BCUT2D eigenvalue weighted by molar-refractivity contribution is 0.0631. The zero-order valence-electron chi connectivity index (χ0n) is 15.9. The van der Waals surface area contributed by atoms with Crippen LogP contribution in [0.25, 0.3) is 17.1 Å². The van der Waals surface area contributed by atoms with Crippen molar-refractivity contribution in [3.8, 4) is 11.5 Å². The molecule has 7 heteroatoms. The molecule has 4 rings (SSSR count). The lowest BCUT2D eigenvalue weighted by atomic mass is 10.2. The molecule has 0 aromatic carbocycles. The summed E-state index contributed by atoms with van der Waals surface area (Å²) in [5, 5.41) is 4.60. The van der Waals surface area contributed by atoms with Crippen LogP contribution in [0, 0.1) is 0 Å². The van der Waals surface area contributed by atoms with Crippen LogP contribution in [0.5, 0.6) is 0 Å². The maximum Gasteiger partial charge on any atom is 0.272 e. The number of carbonyl (C=O) groups is 1. The Labute approximate surface area is 158 Å². The lowest BCUT2D eigenvalue weighted by Crippen LogP contribution is -2.49. The number of nitrogens with zero attached hydrogens (tertiary/aromatic N) is 5. The first-order chi connectivity index (χ1) is 13.2. The summed E-state index contributed by atoms with van der Waals surface area (Å²) in [7, 11) is 0. The predicted octanol–water partition coefficient (Wildman–Crippen LogP) is 2.72. The van der Waals surface area contributed by atoms with Crippen LogP contribution < -0.4 is 0 Å². The SMILES string of the molecule is CCCN1CCN(C(=O)c2cc(CC)n3nc(-c4ccco4)cc3n2)CC1. The van der Waals surface area contributed by atoms with Crippen LogP contribution in [0.2, 0.25) is 0 Å². The van der Waals surface area contributed by atoms with E-state index in [-0.39, 0.29) is 5.91 Å². The van der Waals surface area contributed by atoms with E-state index in [0.29, 0.717) is 17.1 Å². The van der Waals surface area contributed by atoms with Gasteiger partial charge in [-0.15, -0.1) is 0 Å². The third kappa shape index (κ3) is 3.47. The van der Waals surface area contributed by atoms with E-state index in [1.165, 1.54) is 0 Å². The fourth-order valence-electron chi connectivity index (χ4n) is 3.60. The van der Waals surface area contributed by atoms with Crippen LogP contribution in [0.4, 0.5) is 0 Å². The van der Waals surface area contributed by atoms with E-state index in [1.54, 1.807) is 10.8 Å². The van der Waals surface area contributed by atoms with E-state index in [9.17, 15) is 4.79 Å². The fourth-order valence-corrected chi connectivity index (χ4v) is 3.60. The van der Waals surface area contributed by atoms with Gasteiger partial charge in [-0.2, -0.15) is 5.10 Å². The van der Waals surface area contributed by atoms with Crippen molar-refractivity contribution in [3.63, 3.8) is 0 Å². The molecule has 0 bridgehead atoms. The molecular weight excluding hydrogens is 342 g/mol. The number of hydrogen-bond donors (Lipinski definition) is 0. The van der Waals surface area contributed by atoms with Crippen LogP contribution >= 0.6 is 0 Å². The van der Waals surface area contributed by atoms with E-state index in [4.69, 9.17) is 4.42 Å². The summed E-state index contributed by atoms with van der Waals surface area (Å²) < 4.78 is 7.24. The molecule has 3 aromatic heterocycles. The van der Waals surface area contributed by atoms with Gasteiger partial charge in [-0.3, -0.25) is 9.69 Å². The number of aryl methyl sites for hydroxylation is 1. The Morgan fingerprint density at radius 2 is 2.00 bits per heavy atom. The van der Waals surface area contributed by atoms with E-state index >= 15 is 0 Å². The van der Waals surface area contributed by atoms with E-state index in [2.05, 4.69) is 28.8 Å². The summed E-state index contributed by atoms with van der Waals surface area (Å²) in [4.78, 5) is 21.9. The Morgan fingerprint density at radius 1 is 1.19 bits per heavy atom. The van der Waals surface area contributed by atoms with Crippen LogP contribution in [-0.4, -0.2) is 63.0 Å². The number of fused-ring (bicyclic) bond motifs is 1. The molecule has 27 heavy (non-hydrogen) atoms. The maximum absolute atomic E-state index is 13.0. The number of hydrogen-bond acceptors (Lipinski definition) is 5. The quantitative estimate of drug-likeness (QED) is 0.694. The molecule has 1 amide bonds. The van der Waals surface area contributed by atoms with Gasteiger partial charge in [0.1, 0.15) is 11.4 Å². The van der Waals surface area contributed by atoms with Crippen molar-refractivity contribution in [1.82, 2.24) is 24.4 Å². The molecule has 0 saturated carbocycles. The molecule has 1 fully saturated rings. The van der Waals surface area contributed by atoms with Crippen molar-refractivity contribution in [2.75, 3.05) is 32.7 Å². The zero-order chi connectivity index (χ0) is 18.8. The van der Waals surface area contributed by atoms with Gasteiger partial charge < -0.3 is 9.32 Å². The second kappa shape index (κ2) is 7.52.